The highest BCUT2D eigenvalue weighted by Crippen LogP contribution is 2.60. The fraction of sp³-hybridized carbons (Fsp3) is 0.500. The number of halogens is 13. The van der Waals surface area contributed by atoms with Gasteiger partial charge in [-0.3, -0.25) is 14.9 Å². The second kappa shape index (κ2) is 7.65. The molecule has 0 unspecified atom stereocenters. The van der Waals surface area contributed by atoms with E-state index in [1.807, 2.05) is 0 Å². The van der Waals surface area contributed by atoms with Crippen LogP contribution >= 0.6 is 0 Å². The van der Waals surface area contributed by atoms with Crippen molar-refractivity contribution in [3.05, 3.63) is 33.9 Å². The standard InChI is InChI=1S/C14H7F13N2O3/c1-5-2-3-6(4-7(5)29(31)32)28-8(30)9(15,16)10(17,18)11(19,20)12(21,22)13(23,24)14(25,26)27/h2-4H,1H3,(H,28,30). The van der Waals surface area contributed by atoms with Gasteiger partial charge in [-0.2, -0.15) is 57.1 Å². The van der Waals surface area contributed by atoms with Crippen molar-refractivity contribution < 1.29 is 66.8 Å². The second-order valence-corrected chi connectivity index (χ2v) is 6.08. The summed E-state index contributed by atoms with van der Waals surface area (Å²) in [5, 5.41) is 11.5. The molecule has 0 atom stereocenters. The molecule has 1 aromatic carbocycles. The predicted octanol–water partition coefficient (Wildman–Crippen LogP) is 5.58. The molecule has 32 heavy (non-hydrogen) atoms. The first-order valence-electron chi connectivity index (χ1n) is 7.49. The summed E-state index contributed by atoms with van der Waals surface area (Å²) in [6, 6.07) is 1.54. The van der Waals surface area contributed by atoms with Gasteiger partial charge in [0, 0.05) is 17.3 Å². The second-order valence-electron chi connectivity index (χ2n) is 6.08. The van der Waals surface area contributed by atoms with Crippen molar-refractivity contribution in [1.29, 1.82) is 0 Å². The highest BCUT2D eigenvalue weighted by Gasteiger charge is 2.91. The number of nitrogens with zero attached hydrogens (tertiary/aromatic N) is 1. The van der Waals surface area contributed by atoms with Gasteiger partial charge in [-0.15, -0.1) is 0 Å². The number of benzene rings is 1. The molecule has 0 fully saturated rings. The van der Waals surface area contributed by atoms with E-state index in [0.29, 0.717) is 6.07 Å². The number of nitro benzene ring substituents is 1. The van der Waals surface area contributed by atoms with Crippen LogP contribution in [0.2, 0.25) is 0 Å². The molecule has 0 radical (unpaired) electrons. The van der Waals surface area contributed by atoms with Crippen LogP contribution in [0.4, 0.5) is 68.5 Å². The number of nitro groups is 1. The van der Waals surface area contributed by atoms with Crippen LogP contribution in [0.25, 0.3) is 0 Å². The highest BCUT2D eigenvalue weighted by molar-refractivity contribution is 5.97. The molecule has 0 aliphatic carbocycles. The molecule has 0 aliphatic rings. The zero-order valence-corrected chi connectivity index (χ0v) is 14.8. The van der Waals surface area contributed by atoms with Crippen molar-refractivity contribution in [2.75, 3.05) is 5.32 Å². The molecule has 182 valence electrons. The molecule has 0 bridgehead atoms. The Morgan fingerprint density at radius 2 is 1.25 bits per heavy atom. The Morgan fingerprint density at radius 1 is 0.812 bits per heavy atom. The molecule has 18 heteroatoms. The van der Waals surface area contributed by atoms with Gasteiger partial charge in [-0.25, -0.2) is 0 Å². The average Bonchev–Trinajstić information content (AvgIpc) is 2.61. The van der Waals surface area contributed by atoms with Crippen molar-refractivity contribution in [3.63, 3.8) is 0 Å². The van der Waals surface area contributed by atoms with Gasteiger partial charge in [0.05, 0.1) is 4.92 Å². The molecule has 0 aromatic heterocycles. The van der Waals surface area contributed by atoms with Gasteiger partial charge in [0.2, 0.25) is 0 Å². The third kappa shape index (κ3) is 3.89. The fourth-order valence-corrected chi connectivity index (χ4v) is 2.01. The first-order chi connectivity index (χ1) is 14.0. The topological polar surface area (TPSA) is 72.2 Å². The number of rotatable bonds is 7. The molecular formula is C14H7F13N2O3. The number of hydrogen-bond donors (Lipinski definition) is 1. The van der Waals surface area contributed by atoms with Gasteiger partial charge in [0.15, 0.2) is 0 Å². The van der Waals surface area contributed by atoms with Crippen LogP contribution in [0.5, 0.6) is 0 Å². The van der Waals surface area contributed by atoms with E-state index in [-0.39, 0.29) is 11.6 Å². The number of aryl methyl sites for hydroxylation is 1. The number of anilines is 1. The Morgan fingerprint density at radius 3 is 1.66 bits per heavy atom. The van der Waals surface area contributed by atoms with Gasteiger partial charge in [0.1, 0.15) is 0 Å². The summed E-state index contributed by atoms with van der Waals surface area (Å²) >= 11 is 0. The lowest BCUT2D eigenvalue weighted by molar-refractivity contribution is -0.435. The van der Waals surface area contributed by atoms with Crippen LogP contribution in [0.1, 0.15) is 5.56 Å². The molecule has 1 aromatic rings. The normalized spacial score (nSPS) is 14.3. The van der Waals surface area contributed by atoms with Crippen LogP contribution in [0, 0.1) is 17.0 Å². The molecule has 0 saturated heterocycles. The van der Waals surface area contributed by atoms with Crippen molar-refractivity contribution in [2.24, 2.45) is 0 Å². The Hall–Kier alpha value is -2.82. The maximum absolute atomic E-state index is 13.7. The number of hydrogen-bond acceptors (Lipinski definition) is 3. The third-order valence-corrected chi connectivity index (χ3v) is 3.88. The summed E-state index contributed by atoms with van der Waals surface area (Å²) in [6.07, 6.45) is -7.58. The van der Waals surface area contributed by atoms with Crippen LogP contribution < -0.4 is 5.32 Å². The summed E-state index contributed by atoms with van der Waals surface area (Å²) in [5.74, 6) is -42.6. The molecule has 0 heterocycles. The lowest BCUT2D eigenvalue weighted by Crippen LogP contribution is -2.71. The smallest absolute Gasteiger partial charge is 0.320 e. The molecule has 1 rings (SSSR count). The third-order valence-electron chi connectivity index (χ3n) is 3.88. The fourth-order valence-electron chi connectivity index (χ4n) is 2.01. The average molecular weight is 498 g/mol. The van der Waals surface area contributed by atoms with E-state index >= 15 is 0 Å². The van der Waals surface area contributed by atoms with Crippen LogP contribution in [0.3, 0.4) is 0 Å². The minimum atomic E-state index is -8.14. The minimum Gasteiger partial charge on any atom is -0.320 e. The number of carbonyl (C=O) groups is 1. The Kier molecular flexibility index (Phi) is 6.50. The van der Waals surface area contributed by atoms with E-state index < -0.39 is 58.0 Å². The van der Waals surface area contributed by atoms with Gasteiger partial charge in [-0.1, -0.05) is 6.07 Å². The summed E-state index contributed by atoms with van der Waals surface area (Å²) in [5.41, 5.74) is -2.22. The van der Waals surface area contributed by atoms with Crippen LogP contribution in [-0.4, -0.2) is 46.6 Å². The van der Waals surface area contributed by atoms with Gasteiger partial charge < -0.3 is 5.32 Å². The van der Waals surface area contributed by atoms with E-state index in [4.69, 9.17) is 0 Å². The molecule has 0 aliphatic heterocycles. The predicted molar refractivity (Wildman–Crippen MR) is 77.3 cm³/mol. The highest BCUT2D eigenvalue weighted by atomic mass is 19.4. The Labute approximate surface area is 167 Å². The minimum absolute atomic E-state index is 0.175. The molecule has 0 spiro atoms. The SMILES string of the molecule is Cc1ccc(NC(=O)C(F)(F)C(F)(F)C(F)(F)C(F)(F)C(F)(F)C(F)(F)F)cc1[N+](=O)[O-]. The van der Waals surface area contributed by atoms with Gasteiger partial charge >= 0.3 is 41.7 Å². The molecule has 5 nitrogen and oxygen atoms in total. The quantitative estimate of drug-likeness (QED) is 0.303. The number of nitrogens with one attached hydrogen (secondary N) is 1. The largest absolute Gasteiger partial charge is 0.460 e. The number of carbonyl (C=O) groups excluding carboxylic acids is 1. The van der Waals surface area contributed by atoms with Crippen molar-refractivity contribution in [2.45, 2.75) is 42.7 Å². The zero-order chi connectivity index (χ0) is 25.7. The van der Waals surface area contributed by atoms with Crippen molar-refractivity contribution in [1.82, 2.24) is 0 Å². The number of alkyl halides is 13. The lowest BCUT2D eigenvalue weighted by Gasteiger charge is -2.39. The lowest BCUT2D eigenvalue weighted by atomic mass is 9.93. The van der Waals surface area contributed by atoms with E-state index in [1.165, 1.54) is 0 Å². The van der Waals surface area contributed by atoms with Crippen LogP contribution in [-0.2, 0) is 4.79 Å². The number of amides is 1. The summed E-state index contributed by atoms with van der Waals surface area (Å²) < 4.78 is 169. The van der Waals surface area contributed by atoms with E-state index in [1.54, 1.807) is 0 Å². The summed E-state index contributed by atoms with van der Waals surface area (Å²) in [4.78, 5) is 20.9. The summed E-state index contributed by atoms with van der Waals surface area (Å²) in [6.45, 7) is 1.08. The van der Waals surface area contributed by atoms with Gasteiger partial charge in [0.25, 0.3) is 5.69 Å². The first-order valence-corrected chi connectivity index (χ1v) is 7.49. The molecule has 1 N–H and O–H groups in total. The van der Waals surface area contributed by atoms with E-state index in [2.05, 4.69) is 0 Å². The molecular weight excluding hydrogens is 491 g/mol. The maximum atomic E-state index is 13.7. The summed E-state index contributed by atoms with van der Waals surface area (Å²) in [7, 11) is 0. The van der Waals surface area contributed by atoms with Gasteiger partial charge in [-0.05, 0) is 13.0 Å². The molecule has 1 amide bonds. The maximum Gasteiger partial charge on any atom is 0.460 e. The van der Waals surface area contributed by atoms with Crippen molar-refractivity contribution >= 4 is 17.3 Å². The Balaban J connectivity index is 3.43. The first kappa shape index (κ1) is 27.2. The monoisotopic (exact) mass is 498 g/mol. The van der Waals surface area contributed by atoms with E-state index in [0.717, 1.165) is 18.3 Å². The zero-order valence-electron chi connectivity index (χ0n) is 14.8. The van der Waals surface area contributed by atoms with Crippen molar-refractivity contribution in [3.8, 4) is 0 Å². The van der Waals surface area contributed by atoms with Crippen LogP contribution in [0.15, 0.2) is 18.2 Å². The Bertz CT molecular complexity index is 912. The van der Waals surface area contributed by atoms with E-state index in [9.17, 15) is 72.0 Å². The molecule has 0 saturated carbocycles.